The molecule has 0 aliphatic rings. The Labute approximate surface area is 196 Å². The van der Waals surface area contributed by atoms with Crippen LogP contribution in [0.3, 0.4) is 0 Å². The molecule has 33 heavy (non-hydrogen) atoms. The molecule has 1 aromatic heterocycles. The van der Waals surface area contributed by atoms with Crippen molar-refractivity contribution < 1.29 is 14.4 Å². The van der Waals surface area contributed by atoms with Crippen molar-refractivity contribution in [2.75, 3.05) is 5.32 Å². The van der Waals surface area contributed by atoms with E-state index in [2.05, 4.69) is 10.6 Å². The number of anilines is 1. The second-order valence-electron chi connectivity index (χ2n) is 7.46. The molecule has 2 N–H and O–H groups in total. The smallest absolute Gasteiger partial charge is 0.262 e. The molecule has 6 heteroatoms. The van der Waals surface area contributed by atoms with Crippen LogP contribution in [0.1, 0.15) is 31.2 Å². The third-order valence-electron chi connectivity index (χ3n) is 5.08. The van der Waals surface area contributed by atoms with Gasteiger partial charge in [-0.15, -0.1) is 11.3 Å². The van der Waals surface area contributed by atoms with Crippen LogP contribution in [0, 0.1) is 0 Å². The van der Waals surface area contributed by atoms with Crippen LogP contribution in [0.15, 0.2) is 102 Å². The zero-order valence-corrected chi connectivity index (χ0v) is 18.5. The lowest BCUT2D eigenvalue weighted by Crippen LogP contribution is -2.45. The van der Waals surface area contributed by atoms with Crippen molar-refractivity contribution in [3.05, 3.63) is 124 Å². The molecule has 1 unspecified atom stereocenters. The number of ketones is 1. The second-order valence-corrected chi connectivity index (χ2v) is 8.41. The summed E-state index contributed by atoms with van der Waals surface area (Å²) in [6.45, 7) is 0. The van der Waals surface area contributed by atoms with Gasteiger partial charge in [0.15, 0.2) is 5.78 Å². The van der Waals surface area contributed by atoms with Gasteiger partial charge in [0.25, 0.3) is 5.91 Å². The van der Waals surface area contributed by atoms with Crippen LogP contribution < -0.4 is 10.6 Å². The molecule has 0 radical (unpaired) electrons. The Kier molecular flexibility index (Phi) is 7.07. The normalized spacial score (nSPS) is 11.4. The molecule has 0 spiro atoms. The quantitative estimate of drug-likeness (QED) is 0.370. The van der Waals surface area contributed by atoms with Crippen LogP contribution >= 0.6 is 11.3 Å². The molecule has 2 amide bonds. The Morgan fingerprint density at radius 3 is 2.15 bits per heavy atom. The fourth-order valence-electron chi connectivity index (χ4n) is 3.42. The summed E-state index contributed by atoms with van der Waals surface area (Å²) in [5.74, 6) is -0.777. The molecule has 0 saturated carbocycles. The average Bonchev–Trinajstić information content (AvgIpc) is 3.40. The topological polar surface area (TPSA) is 75.3 Å². The van der Waals surface area contributed by atoms with E-state index in [-0.39, 0.29) is 17.6 Å². The number of carbonyl (C=O) groups excluding carboxylic acids is 3. The van der Waals surface area contributed by atoms with Crippen molar-refractivity contribution in [3.63, 3.8) is 0 Å². The minimum atomic E-state index is -0.782. The molecule has 1 atom stereocenters. The zero-order chi connectivity index (χ0) is 23.0. The third-order valence-corrected chi connectivity index (χ3v) is 5.95. The Morgan fingerprint density at radius 1 is 0.758 bits per heavy atom. The number of amides is 2. The molecular formula is C27H22N2O3S. The van der Waals surface area contributed by atoms with E-state index >= 15 is 0 Å². The number of rotatable bonds is 8. The van der Waals surface area contributed by atoms with Gasteiger partial charge in [-0.1, -0.05) is 78.9 Å². The average molecular weight is 455 g/mol. The first-order valence-electron chi connectivity index (χ1n) is 10.5. The molecule has 0 fully saturated rings. The van der Waals surface area contributed by atoms with Crippen LogP contribution in [0.25, 0.3) is 0 Å². The Balaban J connectivity index is 1.52. The lowest BCUT2D eigenvalue weighted by Gasteiger charge is -2.19. The van der Waals surface area contributed by atoms with E-state index in [4.69, 9.17) is 0 Å². The standard InChI is InChI=1S/C27H22N2O3S/c30-25(20-11-5-2-6-12-20)21-13-7-14-22(18-21)28-26(31)23(17-19-9-3-1-4-10-19)29-27(32)24-15-8-16-33-24/h1-16,18,23H,17H2,(H,28,31)(H,29,32). The van der Waals surface area contributed by atoms with E-state index in [1.165, 1.54) is 11.3 Å². The van der Waals surface area contributed by atoms with Gasteiger partial charge in [-0.25, -0.2) is 0 Å². The van der Waals surface area contributed by atoms with Crippen LogP contribution in [0.4, 0.5) is 5.69 Å². The Morgan fingerprint density at radius 2 is 1.45 bits per heavy atom. The molecule has 1 heterocycles. The molecule has 3 aromatic carbocycles. The van der Waals surface area contributed by atoms with E-state index < -0.39 is 6.04 Å². The number of carbonyl (C=O) groups is 3. The number of hydrogen-bond acceptors (Lipinski definition) is 4. The van der Waals surface area contributed by atoms with Gasteiger partial charge >= 0.3 is 0 Å². The summed E-state index contributed by atoms with van der Waals surface area (Å²) in [6.07, 6.45) is 0.340. The first-order chi connectivity index (χ1) is 16.1. The van der Waals surface area contributed by atoms with Gasteiger partial charge in [0.1, 0.15) is 6.04 Å². The maximum Gasteiger partial charge on any atom is 0.262 e. The Bertz CT molecular complexity index is 1240. The Hall–Kier alpha value is -4.03. The van der Waals surface area contributed by atoms with Gasteiger partial charge in [0, 0.05) is 23.2 Å². The van der Waals surface area contributed by atoms with Crippen molar-refractivity contribution in [1.29, 1.82) is 0 Å². The van der Waals surface area contributed by atoms with E-state index in [0.717, 1.165) is 5.56 Å². The summed E-state index contributed by atoms with van der Waals surface area (Å²) in [5.41, 5.74) is 2.47. The predicted octanol–water partition coefficient (Wildman–Crippen LogP) is 4.96. The van der Waals surface area contributed by atoms with Gasteiger partial charge < -0.3 is 10.6 Å². The molecule has 0 aliphatic carbocycles. The van der Waals surface area contributed by atoms with Crippen molar-refractivity contribution >= 4 is 34.6 Å². The molecular weight excluding hydrogens is 432 g/mol. The summed E-state index contributed by atoms with van der Waals surface area (Å²) in [6, 6.07) is 28.0. The van der Waals surface area contributed by atoms with E-state index in [9.17, 15) is 14.4 Å². The van der Waals surface area contributed by atoms with E-state index in [1.54, 1.807) is 48.5 Å². The highest BCUT2D eigenvalue weighted by molar-refractivity contribution is 7.12. The van der Waals surface area contributed by atoms with Gasteiger partial charge in [-0.2, -0.15) is 0 Å². The summed E-state index contributed by atoms with van der Waals surface area (Å²) >= 11 is 1.32. The molecule has 0 saturated heterocycles. The highest BCUT2D eigenvalue weighted by Crippen LogP contribution is 2.16. The molecule has 5 nitrogen and oxygen atoms in total. The van der Waals surface area contributed by atoms with Crippen molar-refractivity contribution in [2.45, 2.75) is 12.5 Å². The summed E-state index contributed by atoms with van der Waals surface area (Å²) < 4.78 is 0. The van der Waals surface area contributed by atoms with Crippen LogP contribution in [0.2, 0.25) is 0 Å². The predicted molar refractivity (Wildman–Crippen MR) is 131 cm³/mol. The maximum absolute atomic E-state index is 13.2. The molecule has 4 aromatic rings. The fraction of sp³-hybridized carbons (Fsp3) is 0.0741. The summed E-state index contributed by atoms with van der Waals surface area (Å²) in [7, 11) is 0. The van der Waals surface area contributed by atoms with E-state index in [0.29, 0.717) is 28.1 Å². The lowest BCUT2D eigenvalue weighted by atomic mass is 10.0. The first kappa shape index (κ1) is 22.2. The molecule has 164 valence electrons. The molecule has 0 aliphatic heterocycles. The van der Waals surface area contributed by atoms with Crippen LogP contribution in [-0.4, -0.2) is 23.6 Å². The number of nitrogens with one attached hydrogen (secondary N) is 2. The summed E-state index contributed by atoms with van der Waals surface area (Å²) in [5, 5.41) is 7.52. The van der Waals surface area contributed by atoms with Gasteiger partial charge in [0.2, 0.25) is 5.91 Å². The second kappa shape index (κ2) is 10.5. The number of hydrogen-bond donors (Lipinski definition) is 2. The lowest BCUT2D eigenvalue weighted by molar-refractivity contribution is -0.118. The number of benzene rings is 3. The highest BCUT2D eigenvalue weighted by Gasteiger charge is 2.23. The SMILES string of the molecule is O=C(c1ccccc1)c1cccc(NC(=O)C(Cc2ccccc2)NC(=O)c2cccs2)c1. The van der Waals surface area contributed by atoms with Crippen molar-refractivity contribution in [3.8, 4) is 0 Å². The summed E-state index contributed by atoms with van der Waals surface area (Å²) in [4.78, 5) is 39.1. The third kappa shape index (κ3) is 5.81. The zero-order valence-electron chi connectivity index (χ0n) is 17.7. The van der Waals surface area contributed by atoms with Gasteiger partial charge in [-0.3, -0.25) is 14.4 Å². The largest absolute Gasteiger partial charge is 0.339 e. The van der Waals surface area contributed by atoms with Crippen LogP contribution in [0.5, 0.6) is 0 Å². The minimum absolute atomic E-state index is 0.126. The van der Waals surface area contributed by atoms with Crippen molar-refractivity contribution in [2.24, 2.45) is 0 Å². The van der Waals surface area contributed by atoms with E-state index in [1.807, 2.05) is 53.9 Å². The van der Waals surface area contributed by atoms with Gasteiger partial charge in [0.05, 0.1) is 4.88 Å². The highest BCUT2D eigenvalue weighted by atomic mass is 32.1. The molecule has 0 bridgehead atoms. The maximum atomic E-state index is 13.2. The first-order valence-corrected chi connectivity index (χ1v) is 11.4. The van der Waals surface area contributed by atoms with Crippen LogP contribution in [-0.2, 0) is 11.2 Å². The number of thiophene rings is 1. The monoisotopic (exact) mass is 454 g/mol. The van der Waals surface area contributed by atoms with Gasteiger partial charge in [-0.05, 0) is 29.1 Å². The minimum Gasteiger partial charge on any atom is -0.339 e. The molecule has 4 rings (SSSR count). The fourth-order valence-corrected chi connectivity index (χ4v) is 4.05. The van der Waals surface area contributed by atoms with Crippen molar-refractivity contribution in [1.82, 2.24) is 5.32 Å².